The number of ether oxygens (including phenoxy) is 1. The molecule has 1 unspecified atom stereocenters. The van der Waals surface area contributed by atoms with Crippen molar-refractivity contribution < 1.29 is 19.1 Å². The van der Waals surface area contributed by atoms with E-state index in [1.165, 1.54) is 11.8 Å². The smallest absolute Gasteiger partial charge is 0.249 e. The maximum absolute atomic E-state index is 12.8. The molecule has 2 N–H and O–H groups in total. The molecule has 0 spiro atoms. The van der Waals surface area contributed by atoms with Crippen LogP contribution in [0.1, 0.15) is 72.1 Å². The number of carbonyl (C=O) groups excluding carboxylic acids is 3. The summed E-state index contributed by atoms with van der Waals surface area (Å²) >= 11 is 6.79. The Bertz CT molecular complexity index is 1330. The highest BCUT2D eigenvalue weighted by atomic mass is 35.5. The molecule has 202 valence electrons. The number of nitrogens with two attached hydrogens (primary N) is 1. The van der Waals surface area contributed by atoms with Gasteiger partial charge in [0.2, 0.25) is 11.8 Å². The monoisotopic (exact) mass is 538 g/mol. The van der Waals surface area contributed by atoms with Crippen molar-refractivity contribution in [3.8, 4) is 17.0 Å². The number of nitrogens with zero attached hydrogens (tertiary/aromatic N) is 3. The van der Waals surface area contributed by atoms with Crippen molar-refractivity contribution >= 4 is 29.2 Å². The maximum Gasteiger partial charge on any atom is 0.249 e. The summed E-state index contributed by atoms with van der Waals surface area (Å²) < 4.78 is 7.69. The molecule has 0 fully saturated rings. The van der Waals surface area contributed by atoms with Crippen LogP contribution in [0.5, 0.6) is 5.75 Å². The first-order chi connectivity index (χ1) is 17.9. The Labute approximate surface area is 228 Å². The minimum Gasteiger partial charge on any atom is -0.489 e. The Morgan fingerprint density at radius 1 is 1.11 bits per heavy atom. The van der Waals surface area contributed by atoms with Crippen molar-refractivity contribution in [2.24, 2.45) is 5.73 Å². The Balaban J connectivity index is 2.02. The van der Waals surface area contributed by atoms with Crippen LogP contribution < -0.4 is 10.5 Å². The first-order valence-electron chi connectivity index (χ1n) is 12.6. The summed E-state index contributed by atoms with van der Waals surface area (Å²) in [6.07, 6.45) is 2.30. The first-order valence-corrected chi connectivity index (χ1v) is 13.0. The Morgan fingerprint density at radius 2 is 1.76 bits per heavy atom. The van der Waals surface area contributed by atoms with Crippen LogP contribution in [-0.2, 0) is 17.8 Å². The minimum atomic E-state index is -0.622. The molecule has 0 radical (unpaired) electrons. The first kappa shape index (κ1) is 28.9. The van der Waals surface area contributed by atoms with Crippen molar-refractivity contribution in [1.82, 2.24) is 14.5 Å². The zero-order valence-corrected chi connectivity index (χ0v) is 23.5. The van der Waals surface area contributed by atoms with Gasteiger partial charge in [-0.3, -0.25) is 14.4 Å². The zero-order valence-electron chi connectivity index (χ0n) is 22.7. The van der Waals surface area contributed by atoms with E-state index in [0.717, 1.165) is 11.1 Å². The molecule has 1 heterocycles. The van der Waals surface area contributed by atoms with Crippen molar-refractivity contribution in [2.75, 3.05) is 14.1 Å². The predicted molar refractivity (Wildman–Crippen MR) is 149 cm³/mol. The number of Topliss-reactive ketones (excluding diaryl/α,β-unsaturated/α-hetero) is 1. The summed E-state index contributed by atoms with van der Waals surface area (Å²) in [5, 5.41) is 0.282. The van der Waals surface area contributed by atoms with Gasteiger partial charge < -0.3 is 19.9 Å². The highest BCUT2D eigenvalue weighted by Gasteiger charge is 2.27. The third-order valence-corrected chi connectivity index (χ3v) is 6.65. The van der Waals surface area contributed by atoms with E-state index in [1.54, 1.807) is 26.2 Å². The number of imidazole rings is 1. The molecule has 3 rings (SSSR count). The van der Waals surface area contributed by atoms with Crippen molar-refractivity contribution in [3.63, 3.8) is 0 Å². The molecule has 0 saturated heterocycles. The van der Waals surface area contributed by atoms with Crippen molar-refractivity contribution in [2.45, 2.75) is 59.1 Å². The molecule has 3 aromatic rings. The van der Waals surface area contributed by atoms with E-state index in [9.17, 15) is 14.4 Å². The van der Waals surface area contributed by atoms with E-state index < -0.39 is 11.8 Å². The highest BCUT2D eigenvalue weighted by molar-refractivity contribution is 6.33. The Kier molecular flexibility index (Phi) is 9.33. The van der Waals surface area contributed by atoms with Gasteiger partial charge in [-0.1, -0.05) is 35.9 Å². The lowest BCUT2D eigenvalue weighted by molar-refractivity contribution is -0.129. The van der Waals surface area contributed by atoms with Gasteiger partial charge >= 0.3 is 0 Å². The molecule has 9 heteroatoms. The second-order valence-electron chi connectivity index (χ2n) is 9.75. The van der Waals surface area contributed by atoms with Crippen LogP contribution in [0.15, 0.2) is 42.6 Å². The summed E-state index contributed by atoms with van der Waals surface area (Å²) in [6.45, 7) is 7.88. The molecule has 0 saturated carbocycles. The molecule has 0 aliphatic carbocycles. The predicted octanol–water partition coefficient (Wildman–Crippen LogP) is 5.12. The third-order valence-electron chi connectivity index (χ3n) is 6.26. The summed E-state index contributed by atoms with van der Waals surface area (Å²) in [7, 11) is 3.38. The number of primary amides is 1. The average molecular weight is 539 g/mol. The van der Waals surface area contributed by atoms with E-state index in [4.69, 9.17) is 22.1 Å². The lowest BCUT2D eigenvalue weighted by atomic mass is 9.85. The fraction of sp³-hybridized carbons (Fsp3) is 0.379. The second kappa shape index (κ2) is 12.3. The fourth-order valence-corrected chi connectivity index (χ4v) is 4.74. The minimum absolute atomic E-state index is 0.0890. The number of rotatable bonds is 11. The van der Waals surface area contributed by atoms with Gasteiger partial charge in [-0.25, -0.2) is 4.98 Å². The second-order valence-corrected chi connectivity index (χ2v) is 10.1. The standard InChI is InChI=1S/C29H35ClN4O4/c1-7-34-16-23(32-29(34)18(4)35)20-10-8-19(9-11-20)14-21(15-25(36)33(5)6)26-22(28(31)37)12-13-24(27(26)30)38-17(2)3/h8-13,16-17,21H,7,14-15H2,1-6H3,(H2,31,37). The molecule has 8 nitrogen and oxygen atoms in total. The lowest BCUT2D eigenvalue weighted by Crippen LogP contribution is -2.26. The topological polar surface area (TPSA) is 108 Å². The van der Waals surface area contributed by atoms with E-state index >= 15 is 0 Å². The van der Waals surface area contributed by atoms with Crippen LogP contribution in [-0.4, -0.2) is 52.2 Å². The quantitative estimate of drug-likeness (QED) is 0.341. The number of hydrogen-bond donors (Lipinski definition) is 1. The number of aromatic nitrogens is 2. The zero-order chi connectivity index (χ0) is 28.1. The fourth-order valence-electron chi connectivity index (χ4n) is 4.37. The summed E-state index contributed by atoms with van der Waals surface area (Å²) in [6, 6.07) is 11.0. The van der Waals surface area contributed by atoms with Crippen LogP contribution in [0.2, 0.25) is 5.02 Å². The van der Waals surface area contributed by atoms with Crippen molar-refractivity contribution in [3.05, 3.63) is 70.1 Å². The van der Waals surface area contributed by atoms with Gasteiger partial charge in [0.1, 0.15) is 5.75 Å². The molecule has 2 amide bonds. The molecule has 0 aliphatic heterocycles. The summed E-state index contributed by atoms with van der Waals surface area (Å²) in [4.78, 5) is 43.2. The number of benzene rings is 2. The van der Waals surface area contributed by atoms with Gasteiger partial charge in [0.15, 0.2) is 11.6 Å². The molecule has 2 aromatic carbocycles. The molecule has 0 aliphatic rings. The number of amides is 2. The van der Waals surface area contributed by atoms with Gasteiger partial charge in [0.05, 0.1) is 16.8 Å². The van der Waals surface area contributed by atoms with Crippen LogP contribution in [0.4, 0.5) is 0 Å². The molecule has 0 bridgehead atoms. The Morgan fingerprint density at radius 3 is 2.26 bits per heavy atom. The van der Waals surface area contributed by atoms with Crippen molar-refractivity contribution in [1.29, 1.82) is 0 Å². The number of halogens is 1. The summed E-state index contributed by atoms with van der Waals surface area (Å²) in [5.74, 6) is -0.379. The molecule has 1 aromatic heterocycles. The van der Waals surface area contributed by atoms with E-state index in [2.05, 4.69) is 4.98 Å². The van der Waals surface area contributed by atoms with Gasteiger partial charge in [-0.05, 0) is 56.4 Å². The van der Waals surface area contributed by atoms with E-state index in [-0.39, 0.29) is 34.8 Å². The third kappa shape index (κ3) is 6.61. The normalized spacial score (nSPS) is 11.9. The maximum atomic E-state index is 12.8. The number of ketones is 1. The van der Waals surface area contributed by atoms with Crippen LogP contribution in [0, 0.1) is 0 Å². The van der Waals surface area contributed by atoms with Gasteiger partial charge in [-0.2, -0.15) is 0 Å². The number of hydrogen-bond acceptors (Lipinski definition) is 5. The van der Waals surface area contributed by atoms with Gasteiger partial charge in [0, 0.05) is 51.3 Å². The molecule has 1 atom stereocenters. The van der Waals surface area contributed by atoms with E-state index in [0.29, 0.717) is 35.8 Å². The number of carbonyl (C=O) groups is 3. The largest absolute Gasteiger partial charge is 0.489 e. The molecular formula is C29H35ClN4O4. The summed E-state index contributed by atoms with van der Waals surface area (Å²) in [5.41, 5.74) is 9.01. The van der Waals surface area contributed by atoms with Crippen LogP contribution in [0.3, 0.4) is 0 Å². The van der Waals surface area contributed by atoms with Gasteiger partial charge in [0.25, 0.3) is 0 Å². The number of aryl methyl sites for hydroxylation is 1. The van der Waals surface area contributed by atoms with Gasteiger partial charge in [-0.15, -0.1) is 0 Å². The molecular weight excluding hydrogens is 504 g/mol. The van der Waals surface area contributed by atoms with Crippen LogP contribution >= 0.6 is 11.6 Å². The average Bonchev–Trinajstić information content (AvgIpc) is 3.29. The van der Waals surface area contributed by atoms with Crippen LogP contribution in [0.25, 0.3) is 11.3 Å². The highest BCUT2D eigenvalue weighted by Crippen LogP contribution is 2.39. The van der Waals surface area contributed by atoms with E-state index in [1.807, 2.05) is 55.8 Å². The molecule has 38 heavy (non-hydrogen) atoms. The lowest BCUT2D eigenvalue weighted by Gasteiger charge is -2.24. The Hall–Kier alpha value is -3.65. The SMILES string of the molecule is CCn1cc(-c2ccc(CC(CC(=O)N(C)C)c3c(C(N)=O)ccc(OC(C)C)c3Cl)cc2)nc1C(C)=O.